The maximum Gasteiger partial charge on any atom is 0.282 e. The lowest BCUT2D eigenvalue weighted by Crippen LogP contribution is -2.56. The van der Waals surface area contributed by atoms with Crippen LogP contribution in [0, 0.1) is 5.82 Å². The van der Waals surface area contributed by atoms with Crippen molar-refractivity contribution >= 4 is 10.2 Å². The van der Waals surface area contributed by atoms with Crippen LogP contribution in [0.5, 0.6) is 0 Å². The molecule has 0 atom stereocenters. The van der Waals surface area contributed by atoms with Crippen molar-refractivity contribution in [2.45, 2.75) is 6.54 Å². The van der Waals surface area contributed by atoms with Gasteiger partial charge < -0.3 is 9.32 Å². The highest BCUT2D eigenvalue weighted by atomic mass is 32.2. The first-order chi connectivity index (χ1) is 13.9. The first-order valence-corrected chi connectivity index (χ1v) is 11.2. The quantitative estimate of drug-likeness (QED) is 0.717. The summed E-state index contributed by atoms with van der Waals surface area (Å²) in [4.78, 5) is 8.74. The molecule has 4 rings (SSSR count). The summed E-state index contributed by atoms with van der Waals surface area (Å²) in [7, 11) is -1.39. The van der Waals surface area contributed by atoms with E-state index < -0.39 is 10.2 Å². The summed E-state index contributed by atoms with van der Waals surface area (Å²) >= 11 is 0. The zero-order chi connectivity index (χ0) is 20.4. The summed E-state index contributed by atoms with van der Waals surface area (Å²) < 4.78 is 47.8. The van der Waals surface area contributed by atoms with E-state index in [-0.39, 0.29) is 5.82 Å². The molecule has 158 valence electrons. The molecule has 0 spiro atoms. The lowest BCUT2D eigenvalue weighted by atomic mass is 10.2. The summed E-state index contributed by atoms with van der Waals surface area (Å²) in [6.45, 7) is 5.37. The Morgan fingerprint density at radius 2 is 1.69 bits per heavy atom. The van der Waals surface area contributed by atoms with Gasteiger partial charge in [-0.15, -0.1) is 0 Å². The van der Waals surface area contributed by atoms with Crippen molar-refractivity contribution in [3.05, 3.63) is 42.0 Å². The van der Waals surface area contributed by atoms with E-state index in [9.17, 15) is 12.8 Å². The molecular weight excluding hydrogens is 397 g/mol. The average Bonchev–Trinajstić information content (AvgIpc) is 3.17. The molecule has 2 aliphatic heterocycles. The Labute approximate surface area is 170 Å². The van der Waals surface area contributed by atoms with Crippen molar-refractivity contribution in [2.75, 3.05) is 59.4 Å². The van der Waals surface area contributed by atoms with Gasteiger partial charge >= 0.3 is 0 Å². The molecule has 0 bridgehead atoms. The molecule has 3 heterocycles. The van der Waals surface area contributed by atoms with Crippen LogP contribution in [0.2, 0.25) is 0 Å². The number of oxazole rings is 1. The molecule has 2 aliphatic rings. The number of halogens is 1. The third kappa shape index (κ3) is 4.67. The molecule has 29 heavy (non-hydrogen) atoms. The monoisotopic (exact) mass is 423 g/mol. The van der Waals surface area contributed by atoms with Crippen LogP contribution in [0.1, 0.15) is 5.69 Å². The Bertz CT molecular complexity index is 935. The van der Waals surface area contributed by atoms with Crippen LogP contribution in [0.3, 0.4) is 0 Å². The van der Waals surface area contributed by atoms with E-state index >= 15 is 0 Å². The van der Waals surface area contributed by atoms with Crippen LogP contribution in [0.25, 0.3) is 11.5 Å². The first-order valence-electron chi connectivity index (χ1n) is 9.78. The fraction of sp³-hybridized carbons (Fsp3) is 0.526. The van der Waals surface area contributed by atoms with Crippen molar-refractivity contribution in [3.8, 4) is 11.5 Å². The Hall–Kier alpha value is -1.85. The average molecular weight is 424 g/mol. The van der Waals surface area contributed by atoms with Crippen molar-refractivity contribution in [3.63, 3.8) is 0 Å². The number of aromatic nitrogens is 1. The second kappa shape index (κ2) is 8.49. The predicted molar refractivity (Wildman–Crippen MR) is 107 cm³/mol. The van der Waals surface area contributed by atoms with E-state index in [0.717, 1.165) is 18.8 Å². The zero-order valence-corrected chi connectivity index (χ0v) is 17.3. The van der Waals surface area contributed by atoms with Crippen LogP contribution >= 0.6 is 0 Å². The van der Waals surface area contributed by atoms with Crippen LogP contribution in [0.15, 0.2) is 34.9 Å². The van der Waals surface area contributed by atoms with Crippen molar-refractivity contribution in [1.82, 2.24) is 23.4 Å². The number of hydrogen-bond donors (Lipinski definition) is 0. The molecule has 1 aromatic carbocycles. The van der Waals surface area contributed by atoms with Crippen molar-refractivity contribution in [1.29, 1.82) is 0 Å². The molecule has 2 saturated heterocycles. The Kier molecular flexibility index (Phi) is 5.98. The smallest absolute Gasteiger partial charge is 0.282 e. The van der Waals surface area contributed by atoms with E-state index in [1.165, 1.54) is 12.1 Å². The van der Waals surface area contributed by atoms with Gasteiger partial charge in [0.05, 0.1) is 5.69 Å². The highest BCUT2D eigenvalue weighted by Gasteiger charge is 2.33. The Balaban J connectivity index is 1.32. The minimum Gasteiger partial charge on any atom is -0.444 e. The van der Waals surface area contributed by atoms with Gasteiger partial charge in [0, 0.05) is 64.5 Å². The largest absolute Gasteiger partial charge is 0.444 e. The number of hydrogen-bond acceptors (Lipinski definition) is 6. The molecule has 1 aromatic heterocycles. The van der Waals surface area contributed by atoms with Gasteiger partial charge in [0.2, 0.25) is 5.89 Å². The van der Waals surface area contributed by atoms with E-state index in [1.807, 2.05) is 7.05 Å². The van der Waals surface area contributed by atoms with Crippen LogP contribution in [-0.4, -0.2) is 91.2 Å². The summed E-state index contributed by atoms with van der Waals surface area (Å²) in [5, 5.41) is 0. The molecule has 0 amide bonds. The zero-order valence-electron chi connectivity index (χ0n) is 16.5. The van der Waals surface area contributed by atoms with Crippen LogP contribution in [0.4, 0.5) is 4.39 Å². The maximum atomic E-state index is 13.4. The second-order valence-corrected chi connectivity index (χ2v) is 9.47. The van der Waals surface area contributed by atoms with Gasteiger partial charge in [-0.3, -0.25) is 4.90 Å². The van der Waals surface area contributed by atoms with Gasteiger partial charge in [-0.1, -0.05) is 6.07 Å². The maximum absolute atomic E-state index is 13.4. The molecule has 2 fully saturated rings. The molecule has 2 aromatic rings. The standard InChI is InChI=1S/C19H26FN5O3S/c1-22-5-9-24(10-6-22)29(26,27)25-11-7-23(8-12-25)14-18-15-28-19(21-18)16-3-2-4-17(20)13-16/h2-4,13,15H,5-12,14H2,1H3. The van der Waals surface area contributed by atoms with Gasteiger partial charge in [0.1, 0.15) is 12.1 Å². The topological polar surface area (TPSA) is 73.1 Å². The van der Waals surface area contributed by atoms with E-state index in [1.54, 1.807) is 27.0 Å². The van der Waals surface area contributed by atoms with E-state index in [0.29, 0.717) is 57.3 Å². The third-order valence-corrected chi connectivity index (χ3v) is 7.49. The summed E-state index contributed by atoms with van der Waals surface area (Å²) in [6, 6.07) is 6.13. The SMILES string of the molecule is CN1CCN(S(=O)(=O)N2CCN(Cc3coc(-c4cccc(F)c4)n3)CC2)CC1. The molecule has 0 radical (unpaired) electrons. The van der Waals surface area contributed by atoms with E-state index in [4.69, 9.17) is 4.42 Å². The Morgan fingerprint density at radius 3 is 2.34 bits per heavy atom. The predicted octanol–water partition coefficient (Wildman–Crippen LogP) is 1.09. The molecule has 0 aliphatic carbocycles. The summed E-state index contributed by atoms with van der Waals surface area (Å²) in [5.74, 6) is 0.0516. The van der Waals surface area contributed by atoms with E-state index in [2.05, 4.69) is 14.8 Å². The minimum absolute atomic E-state index is 0.333. The highest BCUT2D eigenvalue weighted by molar-refractivity contribution is 7.86. The molecule has 10 heteroatoms. The lowest BCUT2D eigenvalue weighted by Gasteiger charge is -2.38. The molecule has 0 unspecified atom stereocenters. The molecule has 0 saturated carbocycles. The van der Waals surface area contributed by atoms with Gasteiger partial charge in [-0.05, 0) is 25.2 Å². The van der Waals surface area contributed by atoms with Crippen molar-refractivity contribution in [2.24, 2.45) is 0 Å². The molecular formula is C19H26FN5O3S. The third-order valence-electron chi connectivity index (χ3n) is 5.45. The van der Waals surface area contributed by atoms with Gasteiger partial charge in [0.25, 0.3) is 10.2 Å². The summed E-state index contributed by atoms with van der Waals surface area (Å²) in [5.41, 5.74) is 1.35. The van der Waals surface area contributed by atoms with Gasteiger partial charge in [-0.2, -0.15) is 17.0 Å². The fourth-order valence-corrected chi connectivity index (χ4v) is 5.24. The number of rotatable bonds is 5. The molecule has 8 nitrogen and oxygen atoms in total. The highest BCUT2D eigenvalue weighted by Crippen LogP contribution is 2.21. The lowest BCUT2D eigenvalue weighted by molar-refractivity contribution is 0.163. The number of likely N-dealkylation sites (N-methyl/N-ethyl adjacent to an activating group) is 1. The normalized spacial score (nSPS) is 20.9. The van der Waals surface area contributed by atoms with Gasteiger partial charge in [-0.25, -0.2) is 9.37 Å². The van der Waals surface area contributed by atoms with Crippen molar-refractivity contribution < 1.29 is 17.2 Å². The number of benzene rings is 1. The molecule has 0 N–H and O–H groups in total. The van der Waals surface area contributed by atoms with Gasteiger partial charge in [0.15, 0.2) is 0 Å². The second-order valence-electron chi connectivity index (χ2n) is 7.54. The minimum atomic E-state index is -3.40. The number of nitrogens with zero attached hydrogens (tertiary/aromatic N) is 5. The summed E-state index contributed by atoms with van der Waals surface area (Å²) in [6.07, 6.45) is 1.58. The fourth-order valence-electron chi connectivity index (χ4n) is 3.66. The van der Waals surface area contributed by atoms with Crippen LogP contribution in [-0.2, 0) is 16.8 Å². The Morgan fingerprint density at radius 1 is 1.03 bits per heavy atom. The van der Waals surface area contributed by atoms with Crippen LogP contribution < -0.4 is 0 Å². The first kappa shape index (κ1) is 20.4. The number of piperazine rings is 2.